The highest BCUT2D eigenvalue weighted by molar-refractivity contribution is 7.87. The van der Waals surface area contributed by atoms with Gasteiger partial charge in [-0.1, -0.05) is 0 Å². The number of aliphatic carboxylic acids is 1. The summed E-state index contributed by atoms with van der Waals surface area (Å²) in [5.41, 5.74) is -1.21. The summed E-state index contributed by atoms with van der Waals surface area (Å²) >= 11 is 0. The second kappa shape index (κ2) is 4.20. The summed E-state index contributed by atoms with van der Waals surface area (Å²) in [6.07, 6.45) is 1.66. The molecule has 0 spiro atoms. The van der Waals surface area contributed by atoms with Crippen LogP contribution in [0.2, 0.25) is 0 Å². The van der Waals surface area contributed by atoms with Gasteiger partial charge in [-0.05, 0) is 19.8 Å². The van der Waals surface area contributed by atoms with E-state index in [1.807, 2.05) is 0 Å². The molecule has 3 N–H and O–H groups in total. The van der Waals surface area contributed by atoms with Gasteiger partial charge in [-0.2, -0.15) is 17.9 Å². The van der Waals surface area contributed by atoms with Crippen LogP contribution in [0.1, 0.15) is 19.8 Å². The quantitative estimate of drug-likeness (QED) is 0.594. The largest absolute Gasteiger partial charge is 0.481 e. The van der Waals surface area contributed by atoms with Crippen LogP contribution in [-0.2, 0) is 19.7 Å². The smallest absolute Gasteiger partial charge is 0.313 e. The molecule has 1 heterocycles. The summed E-state index contributed by atoms with van der Waals surface area (Å²) in [5.74, 6) is -1.06. The molecule has 2 aliphatic rings. The second-order valence-corrected chi connectivity index (χ2v) is 6.28. The average Bonchev–Trinajstić information content (AvgIpc) is 2.91. The van der Waals surface area contributed by atoms with Crippen LogP contribution in [0.25, 0.3) is 0 Å². The number of carbonyl (C=O) groups is 1. The first-order valence-corrected chi connectivity index (χ1v) is 6.92. The fourth-order valence-electron chi connectivity index (χ4n) is 1.69. The molecule has 1 aliphatic carbocycles. The molecule has 0 aromatic heterocycles. The SMILES string of the molecule is CC1(C(=O)O)COCC1NS(=O)(=O)NC1CC1. The number of hydrogen-bond acceptors (Lipinski definition) is 4. The van der Waals surface area contributed by atoms with Gasteiger partial charge in [0.2, 0.25) is 0 Å². The normalized spacial score (nSPS) is 33.8. The Morgan fingerprint density at radius 1 is 1.41 bits per heavy atom. The zero-order valence-electron chi connectivity index (χ0n) is 9.47. The van der Waals surface area contributed by atoms with Crippen LogP contribution in [0.5, 0.6) is 0 Å². The molecule has 2 unspecified atom stereocenters. The van der Waals surface area contributed by atoms with E-state index in [1.54, 1.807) is 0 Å². The van der Waals surface area contributed by atoms with Crippen LogP contribution in [0.3, 0.4) is 0 Å². The van der Waals surface area contributed by atoms with E-state index in [0.29, 0.717) is 0 Å². The Bertz CT molecular complexity index is 419. The standard InChI is InChI=1S/C9H16N2O5S/c1-9(8(12)13)5-16-4-7(9)11-17(14,15)10-6-2-3-6/h6-7,10-11H,2-5H2,1H3,(H,12,13). The molecule has 1 saturated heterocycles. The lowest BCUT2D eigenvalue weighted by Crippen LogP contribution is -2.52. The molecule has 1 aliphatic heterocycles. The first-order valence-electron chi connectivity index (χ1n) is 5.44. The van der Waals surface area contributed by atoms with Crippen molar-refractivity contribution in [3.8, 4) is 0 Å². The summed E-state index contributed by atoms with van der Waals surface area (Å²) in [5, 5.41) is 9.10. The molecule has 2 fully saturated rings. The van der Waals surface area contributed by atoms with Gasteiger partial charge in [0.15, 0.2) is 0 Å². The minimum absolute atomic E-state index is 0.00842. The van der Waals surface area contributed by atoms with Crippen molar-refractivity contribution in [1.82, 2.24) is 9.44 Å². The maximum atomic E-state index is 11.7. The van der Waals surface area contributed by atoms with Crippen molar-refractivity contribution in [1.29, 1.82) is 0 Å². The monoisotopic (exact) mass is 264 g/mol. The van der Waals surface area contributed by atoms with Gasteiger partial charge in [-0.25, -0.2) is 0 Å². The zero-order chi connectivity index (χ0) is 12.7. The molecule has 17 heavy (non-hydrogen) atoms. The Labute approximate surface area is 99.7 Å². The summed E-state index contributed by atoms with van der Waals surface area (Å²) < 4.78 is 33.2. The Balaban J connectivity index is 2.04. The highest BCUT2D eigenvalue weighted by Gasteiger charge is 2.48. The minimum Gasteiger partial charge on any atom is -0.481 e. The number of ether oxygens (including phenoxy) is 1. The Kier molecular flexibility index (Phi) is 3.15. The molecular weight excluding hydrogens is 248 g/mol. The molecule has 2 rings (SSSR count). The zero-order valence-corrected chi connectivity index (χ0v) is 10.3. The van der Waals surface area contributed by atoms with Crippen molar-refractivity contribution in [2.24, 2.45) is 5.41 Å². The highest BCUT2D eigenvalue weighted by atomic mass is 32.2. The maximum absolute atomic E-state index is 11.7. The Morgan fingerprint density at radius 2 is 2.06 bits per heavy atom. The van der Waals surface area contributed by atoms with E-state index in [2.05, 4.69) is 9.44 Å². The lowest BCUT2D eigenvalue weighted by molar-refractivity contribution is -0.148. The molecule has 2 atom stereocenters. The van der Waals surface area contributed by atoms with E-state index < -0.39 is 27.6 Å². The van der Waals surface area contributed by atoms with E-state index in [9.17, 15) is 13.2 Å². The molecule has 7 nitrogen and oxygen atoms in total. The van der Waals surface area contributed by atoms with Crippen molar-refractivity contribution in [2.75, 3.05) is 13.2 Å². The molecule has 0 bridgehead atoms. The van der Waals surface area contributed by atoms with E-state index in [-0.39, 0.29) is 19.3 Å². The molecular formula is C9H16N2O5S. The summed E-state index contributed by atoms with van der Waals surface area (Å²) in [7, 11) is -3.65. The van der Waals surface area contributed by atoms with E-state index in [0.717, 1.165) is 12.8 Å². The van der Waals surface area contributed by atoms with Gasteiger partial charge in [0.25, 0.3) is 10.2 Å². The fraction of sp³-hybridized carbons (Fsp3) is 0.889. The molecule has 0 amide bonds. The topological polar surface area (TPSA) is 105 Å². The van der Waals surface area contributed by atoms with Gasteiger partial charge < -0.3 is 9.84 Å². The van der Waals surface area contributed by atoms with Crippen molar-refractivity contribution in [3.63, 3.8) is 0 Å². The molecule has 98 valence electrons. The van der Waals surface area contributed by atoms with Gasteiger partial charge in [-0.15, -0.1) is 0 Å². The van der Waals surface area contributed by atoms with Crippen LogP contribution < -0.4 is 9.44 Å². The first kappa shape index (κ1) is 12.7. The predicted octanol–water partition coefficient (Wildman–Crippen LogP) is -0.937. The number of carboxylic acid groups (broad SMARTS) is 1. The molecule has 0 radical (unpaired) electrons. The summed E-state index contributed by atoms with van der Waals surface area (Å²) in [6.45, 7) is 1.57. The van der Waals surface area contributed by atoms with Gasteiger partial charge in [-0.3, -0.25) is 4.79 Å². The van der Waals surface area contributed by atoms with Crippen molar-refractivity contribution in [2.45, 2.75) is 31.8 Å². The van der Waals surface area contributed by atoms with E-state index in [1.165, 1.54) is 6.92 Å². The summed E-state index contributed by atoms with van der Waals surface area (Å²) in [6, 6.07) is -0.748. The lowest BCUT2D eigenvalue weighted by atomic mass is 9.86. The first-order chi connectivity index (χ1) is 7.83. The van der Waals surface area contributed by atoms with Crippen LogP contribution in [0.15, 0.2) is 0 Å². The predicted molar refractivity (Wildman–Crippen MR) is 58.6 cm³/mol. The third-order valence-electron chi connectivity index (χ3n) is 3.14. The van der Waals surface area contributed by atoms with Gasteiger partial charge >= 0.3 is 5.97 Å². The Morgan fingerprint density at radius 3 is 2.59 bits per heavy atom. The number of rotatable bonds is 5. The Hall–Kier alpha value is -0.700. The summed E-state index contributed by atoms with van der Waals surface area (Å²) in [4.78, 5) is 11.1. The molecule has 1 saturated carbocycles. The van der Waals surface area contributed by atoms with E-state index >= 15 is 0 Å². The molecule has 0 aromatic carbocycles. The van der Waals surface area contributed by atoms with Crippen molar-refractivity contribution < 1.29 is 23.1 Å². The van der Waals surface area contributed by atoms with Gasteiger partial charge in [0.1, 0.15) is 5.41 Å². The van der Waals surface area contributed by atoms with E-state index in [4.69, 9.17) is 9.84 Å². The number of nitrogens with one attached hydrogen (secondary N) is 2. The van der Waals surface area contributed by atoms with Crippen LogP contribution in [0.4, 0.5) is 0 Å². The third-order valence-corrected chi connectivity index (χ3v) is 4.38. The highest BCUT2D eigenvalue weighted by Crippen LogP contribution is 2.29. The van der Waals surface area contributed by atoms with Crippen LogP contribution in [-0.4, -0.2) is 44.8 Å². The molecule has 0 aromatic rings. The van der Waals surface area contributed by atoms with Gasteiger partial charge in [0, 0.05) is 6.04 Å². The maximum Gasteiger partial charge on any atom is 0.313 e. The minimum atomic E-state index is -3.65. The molecule has 8 heteroatoms. The second-order valence-electron chi connectivity index (χ2n) is 4.80. The van der Waals surface area contributed by atoms with Crippen molar-refractivity contribution >= 4 is 16.2 Å². The lowest BCUT2D eigenvalue weighted by Gasteiger charge is -2.25. The van der Waals surface area contributed by atoms with Crippen molar-refractivity contribution in [3.05, 3.63) is 0 Å². The number of carboxylic acids is 1. The average molecular weight is 264 g/mol. The van der Waals surface area contributed by atoms with Crippen LogP contribution >= 0.6 is 0 Å². The van der Waals surface area contributed by atoms with Gasteiger partial charge in [0.05, 0.1) is 19.3 Å². The van der Waals surface area contributed by atoms with Crippen LogP contribution in [0, 0.1) is 5.41 Å². The third kappa shape index (κ3) is 2.76. The number of hydrogen-bond donors (Lipinski definition) is 3. The fourth-order valence-corrected chi connectivity index (χ4v) is 3.14.